The van der Waals surface area contributed by atoms with Crippen LogP contribution in [0.25, 0.3) is 0 Å². The Balaban J connectivity index is 1.43. The lowest BCUT2D eigenvalue weighted by Crippen LogP contribution is -2.69. The predicted octanol–water partition coefficient (Wildman–Crippen LogP) is 5.85. The summed E-state index contributed by atoms with van der Waals surface area (Å²) in [4.78, 5) is 31.7. The third kappa shape index (κ3) is 4.97. The molecule has 1 spiro atoms. The Morgan fingerprint density at radius 1 is 1.26 bits per heavy atom. The van der Waals surface area contributed by atoms with Crippen molar-refractivity contribution in [1.29, 1.82) is 0 Å². The third-order valence-corrected chi connectivity index (χ3v) is 10.8. The molecule has 7 nitrogen and oxygen atoms in total. The third-order valence-electron chi connectivity index (χ3n) is 10.1. The number of Topliss-reactive ketones (excluding diaryl/α,β-unsaturated/α-hetero) is 1. The summed E-state index contributed by atoms with van der Waals surface area (Å²) >= 11 is 12.4. The number of methoxy groups -OCH3 is 1. The van der Waals surface area contributed by atoms with Crippen LogP contribution in [0.1, 0.15) is 60.2 Å². The van der Waals surface area contributed by atoms with Crippen LogP contribution in [0.3, 0.4) is 0 Å². The molecule has 1 N–H and O–H groups in total. The Hall–Kier alpha value is -2.58. The largest absolute Gasteiger partial charge is 0.504 e. The zero-order chi connectivity index (χ0) is 30.6. The fourth-order valence-corrected chi connectivity index (χ4v) is 8.87. The van der Waals surface area contributed by atoms with Gasteiger partial charge >= 0.3 is 0 Å². The number of carbonyl (C=O) groups excluding carboxylic acids is 2. The maximum absolute atomic E-state index is 14.1. The van der Waals surface area contributed by atoms with Crippen molar-refractivity contribution in [3.05, 3.63) is 69.2 Å². The fourth-order valence-electron chi connectivity index (χ4n) is 8.55. The van der Waals surface area contributed by atoms with Crippen LogP contribution < -0.4 is 4.74 Å². The Kier molecular flexibility index (Phi) is 8.31. The van der Waals surface area contributed by atoms with Crippen molar-refractivity contribution in [3.8, 4) is 11.5 Å². The van der Waals surface area contributed by atoms with Gasteiger partial charge in [-0.1, -0.05) is 49.2 Å². The second-order valence-electron chi connectivity index (χ2n) is 13.0. The van der Waals surface area contributed by atoms with Crippen molar-refractivity contribution >= 4 is 34.9 Å². The van der Waals surface area contributed by atoms with E-state index in [1.807, 2.05) is 23.1 Å². The Bertz CT molecular complexity index is 1460. The van der Waals surface area contributed by atoms with Crippen molar-refractivity contribution in [3.63, 3.8) is 0 Å². The van der Waals surface area contributed by atoms with E-state index in [9.17, 15) is 14.7 Å². The lowest BCUT2D eigenvalue weighted by atomic mass is 9.50. The van der Waals surface area contributed by atoms with Gasteiger partial charge in [-0.25, -0.2) is 0 Å². The number of rotatable bonds is 10. The van der Waals surface area contributed by atoms with Crippen LogP contribution in [0.4, 0.5) is 0 Å². The molecule has 2 heterocycles. The van der Waals surface area contributed by atoms with E-state index < -0.39 is 0 Å². The van der Waals surface area contributed by atoms with Crippen molar-refractivity contribution in [2.75, 3.05) is 33.4 Å². The molecule has 2 bridgehead atoms. The molecule has 43 heavy (non-hydrogen) atoms. The summed E-state index contributed by atoms with van der Waals surface area (Å²) < 4.78 is 12.0. The molecule has 6 rings (SSSR count). The van der Waals surface area contributed by atoms with Crippen LogP contribution in [-0.2, 0) is 27.8 Å². The van der Waals surface area contributed by atoms with Gasteiger partial charge in [-0.3, -0.25) is 14.5 Å². The predicted molar refractivity (Wildman–Crippen MR) is 168 cm³/mol. The Morgan fingerprint density at radius 2 is 2.05 bits per heavy atom. The average Bonchev–Trinajstić information content (AvgIpc) is 3.31. The molecule has 5 atom stereocenters. The number of ether oxygens (including phenoxy) is 2. The Labute approximate surface area is 263 Å². The molecule has 4 aliphatic rings. The van der Waals surface area contributed by atoms with Crippen LogP contribution in [0, 0.1) is 11.8 Å². The van der Waals surface area contributed by atoms with Crippen molar-refractivity contribution in [1.82, 2.24) is 9.80 Å². The smallest absolute Gasteiger partial charge is 0.227 e. The maximum atomic E-state index is 14.1. The van der Waals surface area contributed by atoms with Gasteiger partial charge in [0.25, 0.3) is 0 Å². The summed E-state index contributed by atoms with van der Waals surface area (Å²) in [7, 11) is 1.47. The fraction of sp³-hybridized carbons (Fsp3) is 0.529. The number of phenolic OH excluding ortho intramolecular Hbond substituents is 1. The molecule has 9 heteroatoms. The summed E-state index contributed by atoms with van der Waals surface area (Å²) in [5, 5.41) is 12.4. The Morgan fingerprint density at radius 3 is 2.74 bits per heavy atom. The quantitative estimate of drug-likeness (QED) is 0.263. The van der Waals surface area contributed by atoms with Crippen molar-refractivity contribution in [2.45, 2.75) is 69.6 Å². The van der Waals surface area contributed by atoms with Gasteiger partial charge in [-0.05, 0) is 73.4 Å². The molecule has 1 saturated heterocycles. The average molecular weight is 628 g/mol. The van der Waals surface area contributed by atoms with E-state index in [1.165, 1.54) is 7.11 Å². The summed E-state index contributed by atoms with van der Waals surface area (Å²) in [5.41, 5.74) is 2.81. The number of aromatic hydroxyl groups is 1. The first-order valence-electron chi connectivity index (χ1n) is 15.3. The van der Waals surface area contributed by atoms with Gasteiger partial charge in [0.1, 0.15) is 12.7 Å². The number of phenols is 1. The number of likely N-dealkylation sites (tertiary alicyclic amines) is 1. The summed E-state index contributed by atoms with van der Waals surface area (Å²) in [6, 6.07) is 7.28. The molecule has 0 radical (unpaired) electrons. The second-order valence-corrected chi connectivity index (χ2v) is 13.8. The highest BCUT2D eigenvalue weighted by atomic mass is 35.5. The summed E-state index contributed by atoms with van der Waals surface area (Å²) in [6.07, 6.45) is 5.22. The van der Waals surface area contributed by atoms with E-state index >= 15 is 0 Å². The molecule has 2 aliphatic carbocycles. The standard InChI is InChI=1S/C34H40Cl2N2O5/c1-5-11-37-12-10-34-23-7-9-26(38(17-19(2)3)29(40)14-20-6-8-24(35)25(36)13-20)33(34)43-32-30(34)21(16-27(23)37)15-22(31(32)41)28(39)18-42-4/h5-6,8,13,15,19,23,26-27,33,41H,1,7,9-12,14,16-18H2,2-4H3/t23-,26?,27+,33?,34-/m0/s1. The first-order valence-corrected chi connectivity index (χ1v) is 16.0. The molecule has 1 saturated carbocycles. The van der Waals surface area contributed by atoms with Crippen molar-refractivity contribution in [2.24, 2.45) is 11.8 Å². The normalized spacial score (nSPS) is 27.0. The van der Waals surface area contributed by atoms with Gasteiger partial charge in [0.2, 0.25) is 5.91 Å². The van der Waals surface area contributed by atoms with Gasteiger partial charge in [0.15, 0.2) is 17.3 Å². The lowest BCUT2D eigenvalue weighted by Gasteiger charge is -2.60. The van der Waals surface area contributed by atoms with Gasteiger partial charge in [-0.2, -0.15) is 0 Å². The highest BCUT2D eigenvalue weighted by molar-refractivity contribution is 6.42. The molecule has 230 valence electrons. The van der Waals surface area contributed by atoms with E-state index in [2.05, 4.69) is 25.3 Å². The second kappa shape index (κ2) is 11.7. The molecule has 1 amide bonds. The van der Waals surface area contributed by atoms with Gasteiger partial charge < -0.3 is 19.5 Å². The minimum atomic E-state index is -0.354. The highest BCUT2D eigenvalue weighted by Gasteiger charge is 2.66. The zero-order valence-electron chi connectivity index (χ0n) is 25.1. The molecule has 0 aromatic heterocycles. The van der Waals surface area contributed by atoms with Gasteiger partial charge in [0.05, 0.1) is 28.1 Å². The summed E-state index contributed by atoms with van der Waals surface area (Å²) in [6.45, 7) is 10.4. The van der Waals surface area contributed by atoms with Crippen molar-refractivity contribution < 1.29 is 24.2 Å². The molecule has 2 aromatic rings. The SMILES string of the molecule is C=CCN1CC[C@]23c4c5cc(C(=O)COC)c(O)c4OC2C(N(CC(C)C)C(=O)Cc2ccc(Cl)c(Cl)c2)CC[C@H]3[C@H]1C5. The van der Waals surface area contributed by atoms with E-state index in [0.717, 1.165) is 55.5 Å². The minimum Gasteiger partial charge on any atom is -0.504 e. The number of hydrogen-bond acceptors (Lipinski definition) is 6. The highest BCUT2D eigenvalue weighted by Crippen LogP contribution is 2.64. The van der Waals surface area contributed by atoms with Crippen LogP contribution in [0.5, 0.6) is 11.5 Å². The monoisotopic (exact) mass is 626 g/mol. The molecule has 2 aliphatic heterocycles. The van der Waals surface area contributed by atoms with E-state index in [1.54, 1.807) is 12.1 Å². The van der Waals surface area contributed by atoms with Gasteiger partial charge in [0, 0.05) is 37.2 Å². The molecular formula is C34H40Cl2N2O5. The van der Waals surface area contributed by atoms with E-state index in [4.69, 9.17) is 32.7 Å². The van der Waals surface area contributed by atoms with Crippen LogP contribution in [0.2, 0.25) is 10.0 Å². The van der Waals surface area contributed by atoms with Crippen LogP contribution >= 0.6 is 23.2 Å². The number of nitrogens with zero attached hydrogens (tertiary/aromatic N) is 2. The minimum absolute atomic E-state index is 0.0170. The number of carbonyl (C=O) groups is 2. The molecular weight excluding hydrogens is 587 g/mol. The molecule has 2 aromatic carbocycles. The topological polar surface area (TPSA) is 79.3 Å². The van der Waals surface area contributed by atoms with Crippen LogP contribution in [0.15, 0.2) is 36.9 Å². The number of halogens is 2. The number of amides is 1. The molecule has 2 unspecified atom stereocenters. The lowest BCUT2D eigenvalue weighted by molar-refractivity contribution is -0.142. The summed E-state index contributed by atoms with van der Waals surface area (Å²) in [5.74, 6) is 0.612. The number of piperidine rings is 1. The maximum Gasteiger partial charge on any atom is 0.227 e. The molecule has 2 fully saturated rings. The number of hydrogen-bond donors (Lipinski definition) is 1. The van der Waals surface area contributed by atoms with Gasteiger partial charge in [-0.15, -0.1) is 6.58 Å². The number of benzene rings is 2. The zero-order valence-corrected chi connectivity index (χ0v) is 26.6. The van der Waals surface area contributed by atoms with Crippen LogP contribution in [-0.4, -0.2) is 78.1 Å². The first-order chi connectivity index (χ1) is 20.6. The van der Waals surface area contributed by atoms with E-state index in [0.29, 0.717) is 28.3 Å². The first kappa shape index (κ1) is 30.4. The number of ketones is 1. The van der Waals surface area contributed by atoms with E-state index in [-0.39, 0.29) is 65.6 Å².